The predicted molar refractivity (Wildman–Crippen MR) is 89.9 cm³/mol. The summed E-state index contributed by atoms with van der Waals surface area (Å²) in [5.41, 5.74) is 0. The minimum Gasteiger partial charge on any atom is -0.999 e. The molecule has 4 aromatic carbocycles. The summed E-state index contributed by atoms with van der Waals surface area (Å²) in [6.45, 7) is 0. The molecule has 0 atom stereocenters. The van der Waals surface area contributed by atoms with Gasteiger partial charge in [-0.1, -0.05) is 0 Å². The van der Waals surface area contributed by atoms with E-state index in [9.17, 15) is 0 Å². The smallest absolute Gasteiger partial charge is 0.172 e. The third-order valence-electron chi connectivity index (χ3n) is 2.02. The van der Waals surface area contributed by atoms with Crippen LogP contribution in [-0.2, 0) is 37.2 Å². The van der Waals surface area contributed by atoms with Gasteiger partial charge in [0.1, 0.15) is 0 Å². The molecule has 0 unspecified atom stereocenters. The first-order valence-electron chi connectivity index (χ1n) is 6.53. The van der Waals surface area contributed by atoms with Gasteiger partial charge >= 0.3 is 59.7 Å². The summed E-state index contributed by atoms with van der Waals surface area (Å²) < 4.78 is 8.34. The molecule has 0 aliphatic rings. The van der Waals surface area contributed by atoms with Gasteiger partial charge in [0.15, 0.2) is 0 Å². The summed E-state index contributed by atoms with van der Waals surface area (Å²) in [4.78, 5) is 0. The molecule has 0 N–H and O–H groups in total. The third kappa shape index (κ3) is 23.3. The minimum absolute atomic E-state index is 0. The summed E-state index contributed by atoms with van der Waals surface area (Å²) in [6.07, 6.45) is 0. The van der Waals surface area contributed by atoms with E-state index in [-0.39, 0.29) is 34.1 Å². The Kier molecular flexibility index (Phi) is 31.2. The first kappa shape index (κ1) is 27.9. The van der Waals surface area contributed by atoms with Gasteiger partial charge in [-0.25, -0.2) is 36.4 Å². The van der Waals surface area contributed by atoms with Crippen molar-refractivity contribution in [1.82, 2.24) is 0 Å². The van der Waals surface area contributed by atoms with E-state index in [0.29, 0.717) is 22.5 Å². The van der Waals surface area contributed by atoms with E-state index in [4.69, 9.17) is 3.08 Å². The second kappa shape index (κ2) is 26.9. The van der Waals surface area contributed by atoms with Crippen molar-refractivity contribution in [3.8, 4) is 0 Å². The van der Waals surface area contributed by atoms with Gasteiger partial charge in [0.2, 0.25) is 0 Å². The molecule has 0 saturated carbocycles. The number of hydrogen-bond acceptors (Lipinski definition) is 1. The van der Waals surface area contributed by atoms with Gasteiger partial charge in [0.05, 0.1) is 0 Å². The Morgan fingerprint density at radius 3 is 0.875 bits per heavy atom. The molecule has 0 aromatic heterocycles. The van der Waals surface area contributed by atoms with Gasteiger partial charge in [0.25, 0.3) is 0 Å². The van der Waals surface area contributed by atoms with Crippen LogP contribution in [0.15, 0.2) is 97.1 Å². The fourth-order valence-corrected chi connectivity index (χ4v) is 1.14. The van der Waals surface area contributed by atoms with E-state index in [1.807, 2.05) is 91.0 Å². The average Bonchev–Trinajstić information content (AvgIpc) is 3.46. The molecule has 0 spiro atoms. The quantitative estimate of drug-likeness (QED) is 0.259. The molecule has 4 heteroatoms. The Morgan fingerprint density at radius 1 is 0.542 bits per heavy atom. The largest absolute Gasteiger partial charge is 0.999 e. The van der Waals surface area contributed by atoms with Crippen LogP contribution in [0.2, 0.25) is 0 Å². The van der Waals surface area contributed by atoms with Crippen molar-refractivity contribution in [1.29, 1.82) is 0 Å². The third-order valence-corrected chi connectivity index (χ3v) is 2.02. The van der Waals surface area contributed by atoms with Crippen molar-refractivity contribution >= 4 is 22.5 Å². The summed E-state index contributed by atoms with van der Waals surface area (Å²) >= 11 is 0.300. The van der Waals surface area contributed by atoms with Crippen molar-refractivity contribution in [2.75, 3.05) is 0 Å². The zero-order valence-corrected chi connectivity index (χ0v) is 17.9. The van der Waals surface area contributed by atoms with Crippen LogP contribution in [-0.4, -0.2) is 22.5 Å². The maximum absolute atomic E-state index is 8.34. The van der Waals surface area contributed by atoms with E-state index >= 15 is 0 Å². The fraction of sp³-hybridized carbons (Fsp3) is 0. The molecule has 4 rings (SSSR count). The zero-order valence-electron chi connectivity index (χ0n) is 12.9. The predicted octanol–water partition coefficient (Wildman–Crippen LogP) is 4.32. The molecule has 4 aromatic rings. The molecular formula is C20H16Fe2OSn-4. The first-order chi connectivity index (χ1) is 11.0. The van der Waals surface area contributed by atoms with Crippen LogP contribution in [0.4, 0.5) is 0 Å². The maximum atomic E-state index is 8.34. The Bertz CT molecular complexity index is 367. The summed E-state index contributed by atoms with van der Waals surface area (Å²) in [5.74, 6) is 0. The molecule has 0 aliphatic carbocycles. The number of rotatable bonds is 0. The van der Waals surface area contributed by atoms with Gasteiger partial charge in [-0.05, 0) is 0 Å². The molecule has 126 valence electrons. The van der Waals surface area contributed by atoms with Crippen molar-refractivity contribution in [2.45, 2.75) is 0 Å². The van der Waals surface area contributed by atoms with Crippen molar-refractivity contribution in [3.05, 3.63) is 121 Å². The van der Waals surface area contributed by atoms with Crippen LogP contribution >= 0.6 is 0 Å². The Hall–Kier alpha value is -0.962. The molecule has 0 fully saturated rings. The van der Waals surface area contributed by atoms with Crippen LogP contribution in [0.3, 0.4) is 0 Å². The average molecular weight is 503 g/mol. The summed E-state index contributed by atoms with van der Waals surface area (Å²) in [5, 5.41) is 0. The molecule has 0 heterocycles. The van der Waals surface area contributed by atoms with Crippen molar-refractivity contribution in [3.63, 3.8) is 0 Å². The number of hydrogen-bond donors (Lipinski definition) is 0. The van der Waals surface area contributed by atoms with Crippen LogP contribution in [0.1, 0.15) is 0 Å². The second-order valence-corrected chi connectivity index (χ2v) is 3.57. The first-order valence-corrected chi connectivity index (χ1v) is 7.70. The van der Waals surface area contributed by atoms with E-state index in [1.165, 1.54) is 0 Å². The molecular weight excluding hydrogens is 487 g/mol. The van der Waals surface area contributed by atoms with Gasteiger partial charge in [-0.2, -0.15) is 54.6 Å². The Morgan fingerprint density at radius 2 is 0.792 bits per heavy atom. The summed E-state index contributed by atoms with van der Waals surface area (Å²) in [6, 6.07) is 42.0. The SMILES string of the molecule is [Fe+2].[Fe+2].[O]=[Sn].[c-]1[c-][c-][cH-][c-]1.c1cc[cH-]c1.c1cc[cH-]c1.c1cc[cH-]c1. The maximum Gasteiger partial charge on any atom is -0.172 e. The van der Waals surface area contributed by atoms with E-state index in [2.05, 4.69) is 24.3 Å². The Balaban J connectivity index is -0.000000231. The van der Waals surface area contributed by atoms with E-state index in [1.54, 1.807) is 6.07 Å². The topological polar surface area (TPSA) is 17.1 Å². The minimum atomic E-state index is 0. The van der Waals surface area contributed by atoms with Gasteiger partial charge in [0, 0.05) is 0 Å². The van der Waals surface area contributed by atoms with E-state index < -0.39 is 0 Å². The van der Waals surface area contributed by atoms with Crippen LogP contribution in [0.5, 0.6) is 0 Å². The zero-order chi connectivity index (χ0) is 16.1. The fourth-order valence-electron chi connectivity index (χ4n) is 1.14. The normalized spacial score (nSPS) is 6.83. The molecule has 0 amide bonds. The standard InChI is InChI=1S/3C5H5.C5H.2Fe.O.Sn/c4*1-2-4-5-3-1;;;;/h3*1-5H;1H;;;;/q3*-1;-5;2*+2;;. The van der Waals surface area contributed by atoms with Crippen molar-refractivity contribution in [2.24, 2.45) is 0 Å². The van der Waals surface area contributed by atoms with Gasteiger partial charge < -0.3 is 30.3 Å². The van der Waals surface area contributed by atoms with Crippen LogP contribution in [0, 0.1) is 24.3 Å². The van der Waals surface area contributed by atoms with Crippen molar-refractivity contribution < 1.29 is 37.2 Å². The molecule has 0 saturated heterocycles. The Labute approximate surface area is 180 Å². The van der Waals surface area contributed by atoms with Crippen LogP contribution in [0.25, 0.3) is 0 Å². The van der Waals surface area contributed by atoms with Crippen LogP contribution < -0.4 is 0 Å². The van der Waals surface area contributed by atoms with Gasteiger partial charge in [-0.3, -0.25) is 0 Å². The van der Waals surface area contributed by atoms with Gasteiger partial charge in [-0.15, -0.1) is 0 Å². The molecule has 0 aliphatic heterocycles. The molecule has 24 heavy (non-hydrogen) atoms. The molecule has 2 radical (unpaired) electrons. The monoisotopic (exact) mass is 504 g/mol. The summed E-state index contributed by atoms with van der Waals surface area (Å²) in [7, 11) is 0. The molecule has 1 nitrogen and oxygen atoms in total. The second-order valence-electron chi connectivity index (χ2n) is 3.57. The molecule has 0 bridgehead atoms. The van der Waals surface area contributed by atoms with E-state index in [0.717, 1.165) is 0 Å².